The number of aryl methyl sites for hydroxylation is 1. The van der Waals surface area contributed by atoms with E-state index in [-0.39, 0.29) is 18.1 Å². The van der Waals surface area contributed by atoms with Crippen LogP contribution in [0.3, 0.4) is 0 Å². The van der Waals surface area contributed by atoms with Crippen molar-refractivity contribution in [2.75, 3.05) is 13.1 Å². The Hall–Kier alpha value is -1.62. The molecule has 0 spiro atoms. The lowest BCUT2D eigenvalue weighted by atomic mass is 9.90. The fourth-order valence-electron chi connectivity index (χ4n) is 2.68. The van der Waals surface area contributed by atoms with Gasteiger partial charge in [0.05, 0.1) is 6.10 Å². The van der Waals surface area contributed by atoms with E-state index >= 15 is 0 Å². The summed E-state index contributed by atoms with van der Waals surface area (Å²) < 4.78 is 5.42. The minimum absolute atomic E-state index is 0.0725. The second-order valence-corrected chi connectivity index (χ2v) is 6.90. The van der Waals surface area contributed by atoms with Crippen molar-refractivity contribution in [1.82, 2.24) is 9.88 Å². The summed E-state index contributed by atoms with van der Waals surface area (Å²) in [6.45, 7) is 6.69. The van der Waals surface area contributed by atoms with Gasteiger partial charge in [-0.1, -0.05) is 6.07 Å². The fraction of sp³-hybridized carbons (Fsp3) is 0.647. The number of hydrogen-bond acceptors (Lipinski definition) is 4. The van der Waals surface area contributed by atoms with Crippen LogP contribution in [0.25, 0.3) is 0 Å². The minimum Gasteiger partial charge on any atom is -0.444 e. The molecule has 5 heteroatoms. The van der Waals surface area contributed by atoms with Gasteiger partial charge in [-0.2, -0.15) is 0 Å². The molecular weight excluding hydrogens is 280 g/mol. The first-order valence-corrected chi connectivity index (χ1v) is 7.91. The molecule has 2 heterocycles. The Morgan fingerprint density at radius 1 is 1.45 bits per heavy atom. The summed E-state index contributed by atoms with van der Waals surface area (Å²) in [7, 11) is 0. The Morgan fingerprint density at radius 2 is 2.23 bits per heavy atom. The molecule has 1 aliphatic heterocycles. The second kappa shape index (κ2) is 7.09. The number of hydrogen-bond donors (Lipinski definition) is 1. The number of aliphatic hydroxyl groups excluding tert-OH is 1. The molecule has 0 aliphatic carbocycles. The Kier molecular flexibility index (Phi) is 5.40. The van der Waals surface area contributed by atoms with Crippen LogP contribution in [-0.2, 0) is 11.2 Å². The van der Waals surface area contributed by atoms with Gasteiger partial charge in [0.1, 0.15) is 5.60 Å². The van der Waals surface area contributed by atoms with Crippen LogP contribution >= 0.6 is 0 Å². The molecule has 0 aromatic carbocycles. The van der Waals surface area contributed by atoms with Crippen LogP contribution in [0.4, 0.5) is 4.79 Å². The van der Waals surface area contributed by atoms with Gasteiger partial charge in [-0.15, -0.1) is 0 Å². The summed E-state index contributed by atoms with van der Waals surface area (Å²) in [6, 6.07) is 5.84. The van der Waals surface area contributed by atoms with E-state index in [1.807, 2.05) is 39.0 Å². The Balaban J connectivity index is 1.89. The number of ether oxygens (including phenoxy) is 1. The first-order valence-electron chi connectivity index (χ1n) is 7.91. The maximum Gasteiger partial charge on any atom is 0.410 e. The normalized spacial score (nSPS) is 22.5. The van der Waals surface area contributed by atoms with Gasteiger partial charge in [-0.3, -0.25) is 4.98 Å². The third-order valence-corrected chi connectivity index (χ3v) is 3.84. The van der Waals surface area contributed by atoms with Gasteiger partial charge in [0.15, 0.2) is 0 Å². The predicted octanol–water partition coefficient (Wildman–Crippen LogP) is 2.63. The zero-order chi connectivity index (χ0) is 16.2. The summed E-state index contributed by atoms with van der Waals surface area (Å²) in [5.74, 6) is 0.0725. The molecule has 1 amide bonds. The largest absolute Gasteiger partial charge is 0.444 e. The lowest BCUT2D eigenvalue weighted by Gasteiger charge is -2.37. The van der Waals surface area contributed by atoms with Crippen LogP contribution < -0.4 is 0 Å². The van der Waals surface area contributed by atoms with Crippen molar-refractivity contribution < 1.29 is 14.6 Å². The summed E-state index contributed by atoms with van der Waals surface area (Å²) in [5.41, 5.74) is 0.528. The highest BCUT2D eigenvalue weighted by Crippen LogP contribution is 2.23. The monoisotopic (exact) mass is 306 g/mol. The van der Waals surface area contributed by atoms with Crippen molar-refractivity contribution in [3.8, 4) is 0 Å². The molecule has 2 unspecified atom stereocenters. The number of pyridine rings is 1. The molecule has 122 valence electrons. The molecule has 0 bridgehead atoms. The van der Waals surface area contributed by atoms with E-state index in [4.69, 9.17) is 4.74 Å². The molecule has 1 aromatic heterocycles. The number of rotatable bonds is 3. The van der Waals surface area contributed by atoms with Crippen LogP contribution in [0.5, 0.6) is 0 Å². The topological polar surface area (TPSA) is 62.7 Å². The molecule has 1 saturated heterocycles. The quantitative estimate of drug-likeness (QED) is 0.932. The summed E-state index contributed by atoms with van der Waals surface area (Å²) >= 11 is 0. The van der Waals surface area contributed by atoms with E-state index < -0.39 is 5.60 Å². The van der Waals surface area contributed by atoms with E-state index in [1.165, 1.54) is 0 Å². The van der Waals surface area contributed by atoms with Gasteiger partial charge in [-0.05, 0) is 52.2 Å². The molecule has 1 aromatic rings. The number of likely N-dealkylation sites (tertiary alicyclic amines) is 1. The van der Waals surface area contributed by atoms with Gasteiger partial charge in [0, 0.05) is 30.9 Å². The summed E-state index contributed by atoms with van der Waals surface area (Å²) in [5, 5.41) is 10.2. The highest BCUT2D eigenvalue weighted by molar-refractivity contribution is 5.68. The van der Waals surface area contributed by atoms with Crippen molar-refractivity contribution in [2.24, 2.45) is 5.92 Å². The smallest absolute Gasteiger partial charge is 0.410 e. The van der Waals surface area contributed by atoms with Crippen LogP contribution in [-0.4, -0.2) is 45.9 Å². The Morgan fingerprint density at radius 3 is 2.86 bits per heavy atom. The van der Waals surface area contributed by atoms with Crippen molar-refractivity contribution in [3.05, 3.63) is 30.1 Å². The highest BCUT2D eigenvalue weighted by Gasteiger charge is 2.32. The molecule has 1 N–H and O–H groups in total. The molecule has 2 rings (SSSR count). The zero-order valence-electron chi connectivity index (χ0n) is 13.7. The maximum atomic E-state index is 12.1. The van der Waals surface area contributed by atoms with Crippen molar-refractivity contribution in [1.29, 1.82) is 0 Å². The Labute approximate surface area is 132 Å². The lowest BCUT2D eigenvalue weighted by Crippen LogP contribution is -2.47. The van der Waals surface area contributed by atoms with Crippen LogP contribution in [0.2, 0.25) is 0 Å². The van der Waals surface area contributed by atoms with Gasteiger partial charge >= 0.3 is 6.09 Å². The number of carbonyl (C=O) groups excluding carboxylic acids is 1. The number of piperidine rings is 1. The number of amides is 1. The van der Waals surface area contributed by atoms with Crippen LogP contribution in [0.1, 0.15) is 39.3 Å². The number of aliphatic hydroxyl groups is 1. The summed E-state index contributed by atoms with van der Waals surface area (Å²) in [6.07, 6.45) is 3.36. The average Bonchev–Trinajstić information content (AvgIpc) is 2.45. The number of aromatic nitrogens is 1. The van der Waals surface area contributed by atoms with Gasteiger partial charge < -0.3 is 14.7 Å². The number of carbonyl (C=O) groups is 1. The predicted molar refractivity (Wildman–Crippen MR) is 84.5 cm³/mol. The van der Waals surface area contributed by atoms with E-state index in [0.29, 0.717) is 19.5 Å². The molecule has 0 saturated carbocycles. The molecule has 1 fully saturated rings. The molecule has 22 heavy (non-hydrogen) atoms. The van der Waals surface area contributed by atoms with Gasteiger partial charge in [0.25, 0.3) is 0 Å². The first-order chi connectivity index (χ1) is 10.3. The van der Waals surface area contributed by atoms with E-state index in [9.17, 15) is 9.90 Å². The minimum atomic E-state index is -0.489. The molecule has 0 radical (unpaired) electrons. The van der Waals surface area contributed by atoms with Gasteiger partial charge in [-0.25, -0.2) is 4.79 Å². The third kappa shape index (κ3) is 4.98. The zero-order valence-corrected chi connectivity index (χ0v) is 13.7. The first kappa shape index (κ1) is 16.7. The van der Waals surface area contributed by atoms with Crippen molar-refractivity contribution >= 4 is 6.09 Å². The molecule has 5 nitrogen and oxygen atoms in total. The maximum absolute atomic E-state index is 12.1. The van der Waals surface area contributed by atoms with Crippen LogP contribution in [0, 0.1) is 5.92 Å². The summed E-state index contributed by atoms with van der Waals surface area (Å²) in [4.78, 5) is 18.2. The fourth-order valence-corrected chi connectivity index (χ4v) is 2.68. The van der Waals surface area contributed by atoms with E-state index in [1.54, 1.807) is 11.1 Å². The van der Waals surface area contributed by atoms with E-state index in [2.05, 4.69) is 4.98 Å². The van der Waals surface area contributed by atoms with Crippen molar-refractivity contribution in [2.45, 2.75) is 51.7 Å². The molecular formula is C17H26N2O3. The molecule has 1 aliphatic rings. The third-order valence-electron chi connectivity index (χ3n) is 3.84. The van der Waals surface area contributed by atoms with Gasteiger partial charge in [0.2, 0.25) is 0 Å². The molecule has 2 atom stereocenters. The van der Waals surface area contributed by atoms with E-state index in [0.717, 1.165) is 18.5 Å². The highest BCUT2D eigenvalue weighted by atomic mass is 16.6. The SMILES string of the molecule is CC(C)(C)OC(=O)N1CCC(O)C(CCc2ccccn2)C1. The lowest BCUT2D eigenvalue weighted by molar-refractivity contribution is -0.00987. The average molecular weight is 306 g/mol. The Bertz CT molecular complexity index is 484. The van der Waals surface area contributed by atoms with Crippen molar-refractivity contribution in [3.63, 3.8) is 0 Å². The van der Waals surface area contributed by atoms with Crippen LogP contribution in [0.15, 0.2) is 24.4 Å². The standard InChI is InChI=1S/C17H26N2O3/c1-17(2,3)22-16(21)19-11-9-15(20)13(12-19)7-8-14-6-4-5-10-18-14/h4-6,10,13,15,20H,7-9,11-12H2,1-3H3. The number of nitrogens with zero attached hydrogens (tertiary/aromatic N) is 2. The second-order valence-electron chi connectivity index (χ2n) is 6.90.